The molecule has 3 nitrogen and oxygen atoms in total. The van der Waals surface area contributed by atoms with Gasteiger partial charge in [0.2, 0.25) is 0 Å². The Bertz CT molecular complexity index is 293. The Morgan fingerprint density at radius 2 is 1.79 bits per heavy atom. The van der Waals surface area contributed by atoms with Crippen LogP contribution in [0.4, 0.5) is 19.0 Å². The lowest BCUT2D eigenvalue weighted by atomic mass is 10.3. The zero-order valence-electron chi connectivity index (χ0n) is 7.38. The Balaban J connectivity index is 0.000000276. The van der Waals surface area contributed by atoms with Gasteiger partial charge in [-0.25, -0.2) is 9.97 Å². The highest BCUT2D eigenvalue weighted by Gasteiger charge is 2.33. The van der Waals surface area contributed by atoms with Crippen LogP contribution >= 0.6 is 0 Å². The normalized spacial score (nSPS) is 14.2. The molecule has 0 saturated heterocycles. The zero-order chi connectivity index (χ0) is 10.6. The molecule has 1 heterocycles. The Morgan fingerprint density at radius 3 is 2.07 bits per heavy atom. The molecule has 2 N–H and O–H groups in total. The summed E-state index contributed by atoms with van der Waals surface area (Å²) in [7, 11) is 0. The molecule has 0 unspecified atom stereocenters. The number of nitrogens with zero attached hydrogens (tertiary/aromatic N) is 2. The first kappa shape index (κ1) is 10.7. The summed E-state index contributed by atoms with van der Waals surface area (Å²) in [4.78, 5) is 6.39. The lowest BCUT2D eigenvalue weighted by Gasteiger charge is -2.06. The molecule has 1 aliphatic rings. The zero-order valence-corrected chi connectivity index (χ0v) is 7.38. The maximum atomic E-state index is 11.9. The van der Waals surface area contributed by atoms with Gasteiger partial charge >= 0.3 is 6.18 Å². The maximum absolute atomic E-state index is 11.9. The summed E-state index contributed by atoms with van der Waals surface area (Å²) in [6, 6.07) is 0. The molecule has 1 aromatic heterocycles. The second kappa shape index (κ2) is 4.26. The second-order valence-corrected chi connectivity index (χ2v) is 2.88. The minimum absolute atomic E-state index is 0.549. The van der Waals surface area contributed by atoms with Crippen molar-refractivity contribution >= 4 is 5.82 Å². The van der Waals surface area contributed by atoms with E-state index in [4.69, 9.17) is 5.73 Å². The number of nitrogen functional groups attached to an aromatic ring is 1. The Hall–Kier alpha value is -1.33. The molecule has 6 heteroatoms. The Labute approximate surface area is 79.2 Å². The van der Waals surface area contributed by atoms with E-state index in [1.807, 2.05) is 0 Å². The average Bonchev–Trinajstić information content (AvgIpc) is 2.88. The first-order chi connectivity index (χ1) is 6.52. The summed E-state index contributed by atoms with van der Waals surface area (Å²) in [6.07, 6.45) is 1.64. The van der Waals surface area contributed by atoms with Gasteiger partial charge in [0.15, 0.2) is 0 Å². The van der Waals surface area contributed by atoms with E-state index in [2.05, 4.69) is 9.97 Å². The third-order valence-corrected chi connectivity index (χ3v) is 1.40. The molecule has 0 radical (unpaired) electrons. The number of rotatable bonds is 0. The summed E-state index contributed by atoms with van der Waals surface area (Å²) in [5, 5.41) is 0. The highest BCUT2D eigenvalue weighted by molar-refractivity contribution is 5.38. The van der Waals surface area contributed by atoms with Crippen molar-refractivity contribution in [3.8, 4) is 0 Å². The predicted octanol–water partition coefficient (Wildman–Crippen LogP) is 2.25. The van der Waals surface area contributed by atoms with E-state index >= 15 is 0 Å². The monoisotopic (exact) mass is 205 g/mol. The van der Waals surface area contributed by atoms with Crippen molar-refractivity contribution in [2.45, 2.75) is 25.4 Å². The molecule has 0 aromatic carbocycles. The first-order valence-corrected chi connectivity index (χ1v) is 4.14. The highest BCUT2D eigenvalue weighted by Crippen LogP contribution is 2.31. The van der Waals surface area contributed by atoms with Crippen molar-refractivity contribution in [3.63, 3.8) is 0 Å². The quantitative estimate of drug-likeness (QED) is 0.706. The SMILES string of the molecule is C1CC1.Nc1ncncc1C(F)(F)F. The van der Waals surface area contributed by atoms with E-state index in [1.165, 1.54) is 19.3 Å². The van der Waals surface area contributed by atoms with Gasteiger partial charge in [-0.15, -0.1) is 0 Å². The molecular weight excluding hydrogens is 195 g/mol. The predicted molar refractivity (Wildman–Crippen MR) is 45.3 cm³/mol. The van der Waals surface area contributed by atoms with Crippen LogP contribution < -0.4 is 5.73 Å². The minimum atomic E-state index is -4.47. The van der Waals surface area contributed by atoms with Crippen LogP contribution in [0.15, 0.2) is 12.5 Å². The summed E-state index contributed by atoms with van der Waals surface area (Å²) in [6.45, 7) is 0. The molecule has 1 fully saturated rings. The molecule has 2 rings (SSSR count). The molecule has 0 bridgehead atoms. The first-order valence-electron chi connectivity index (χ1n) is 4.14. The fourth-order valence-electron chi connectivity index (χ4n) is 0.557. The number of hydrogen-bond acceptors (Lipinski definition) is 3. The number of hydrogen-bond donors (Lipinski definition) is 1. The van der Waals surface area contributed by atoms with E-state index in [0.717, 1.165) is 6.33 Å². The molecule has 0 aliphatic heterocycles. The van der Waals surface area contributed by atoms with Crippen molar-refractivity contribution in [1.82, 2.24) is 9.97 Å². The second-order valence-electron chi connectivity index (χ2n) is 2.88. The van der Waals surface area contributed by atoms with E-state index < -0.39 is 17.6 Å². The van der Waals surface area contributed by atoms with Crippen LogP contribution in [0.25, 0.3) is 0 Å². The number of aromatic nitrogens is 2. The van der Waals surface area contributed by atoms with Crippen molar-refractivity contribution in [3.05, 3.63) is 18.1 Å². The standard InChI is InChI=1S/C5H4F3N3.C3H6/c6-5(7,8)3-1-10-2-11-4(3)9;1-2-3-1/h1-2H,(H2,9,10,11);1-3H2. The van der Waals surface area contributed by atoms with Crippen LogP contribution in [-0.2, 0) is 6.18 Å². The van der Waals surface area contributed by atoms with Crippen LogP contribution in [-0.4, -0.2) is 9.97 Å². The van der Waals surface area contributed by atoms with Gasteiger partial charge in [-0.3, -0.25) is 0 Å². The van der Waals surface area contributed by atoms with Crippen molar-refractivity contribution < 1.29 is 13.2 Å². The van der Waals surface area contributed by atoms with Crippen LogP contribution in [0, 0.1) is 0 Å². The maximum Gasteiger partial charge on any atom is 0.421 e. The largest absolute Gasteiger partial charge is 0.421 e. The van der Waals surface area contributed by atoms with Gasteiger partial charge in [0.05, 0.1) is 0 Å². The fraction of sp³-hybridized carbons (Fsp3) is 0.500. The number of alkyl halides is 3. The van der Waals surface area contributed by atoms with Gasteiger partial charge in [0.25, 0.3) is 0 Å². The van der Waals surface area contributed by atoms with Crippen LogP contribution in [0.1, 0.15) is 24.8 Å². The third-order valence-electron chi connectivity index (χ3n) is 1.40. The number of anilines is 1. The smallest absolute Gasteiger partial charge is 0.383 e. The van der Waals surface area contributed by atoms with E-state index in [1.54, 1.807) is 0 Å². The summed E-state index contributed by atoms with van der Waals surface area (Å²) >= 11 is 0. The van der Waals surface area contributed by atoms with Crippen molar-refractivity contribution in [1.29, 1.82) is 0 Å². The summed E-state index contributed by atoms with van der Waals surface area (Å²) < 4.78 is 35.7. The van der Waals surface area contributed by atoms with E-state index in [0.29, 0.717) is 6.20 Å². The van der Waals surface area contributed by atoms with Gasteiger partial charge in [-0.1, -0.05) is 19.3 Å². The van der Waals surface area contributed by atoms with Gasteiger partial charge in [0, 0.05) is 6.20 Å². The molecule has 14 heavy (non-hydrogen) atoms. The van der Waals surface area contributed by atoms with Crippen LogP contribution in [0.2, 0.25) is 0 Å². The summed E-state index contributed by atoms with van der Waals surface area (Å²) in [5.41, 5.74) is 3.94. The minimum Gasteiger partial charge on any atom is -0.383 e. The Kier molecular flexibility index (Phi) is 3.27. The molecule has 0 atom stereocenters. The lowest BCUT2D eigenvalue weighted by Crippen LogP contribution is -2.10. The Morgan fingerprint density at radius 1 is 1.21 bits per heavy atom. The van der Waals surface area contributed by atoms with Gasteiger partial charge < -0.3 is 5.73 Å². The summed E-state index contributed by atoms with van der Waals surface area (Å²) in [5.74, 6) is -0.549. The lowest BCUT2D eigenvalue weighted by molar-refractivity contribution is -0.137. The molecule has 0 amide bonds. The van der Waals surface area contributed by atoms with Gasteiger partial charge in [-0.2, -0.15) is 13.2 Å². The van der Waals surface area contributed by atoms with Crippen LogP contribution in [0.5, 0.6) is 0 Å². The fourth-order valence-corrected chi connectivity index (χ4v) is 0.557. The van der Waals surface area contributed by atoms with E-state index in [-0.39, 0.29) is 0 Å². The van der Waals surface area contributed by atoms with Crippen molar-refractivity contribution in [2.24, 2.45) is 0 Å². The molecule has 1 saturated carbocycles. The number of halogens is 3. The molecule has 0 spiro atoms. The molecule has 1 aliphatic carbocycles. The van der Waals surface area contributed by atoms with Gasteiger partial charge in [0.1, 0.15) is 17.7 Å². The number of nitrogens with two attached hydrogens (primary N) is 1. The van der Waals surface area contributed by atoms with Crippen molar-refractivity contribution in [2.75, 3.05) is 5.73 Å². The highest BCUT2D eigenvalue weighted by atomic mass is 19.4. The molecule has 78 valence electrons. The molecular formula is C8H10F3N3. The average molecular weight is 205 g/mol. The van der Waals surface area contributed by atoms with E-state index in [9.17, 15) is 13.2 Å². The molecule has 1 aromatic rings. The topological polar surface area (TPSA) is 51.8 Å². The van der Waals surface area contributed by atoms with Gasteiger partial charge in [-0.05, 0) is 0 Å². The third kappa shape index (κ3) is 3.59. The van der Waals surface area contributed by atoms with Crippen LogP contribution in [0.3, 0.4) is 0 Å².